The Morgan fingerprint density at radius 2 is 1.50 bits per heavy atom. The van der Waals surface area contributed by atoms with Crippen LogP contribution in [0.1, 0.15) is 25.0 Å². The van der Waals surface area contributed by atoms with Gasteiger partial charge in [-0.15, -0.1) is 6.58 Å². The van der Waals surface area contributed by atoms with Crippen molar-refractivity contribution in [2.75, 3.05) is 20.3 Å². The molecule has 2 heterocycles. The van der Waals surface area contributed by atoms with E-state index < -0.39 is 85.9 Å². The Labute approximate surface area is 288 Å². The van der Waals surface area contributed by atoms with Gasteiger partial charge in [0.1, 0.15) is 37.1 Å². The lowest BCUT2D eigenvalue weighted by Gasteiger charge is -2.48. The third-order valence-corrected chi connectivity index (χ3v) is 7.75. The van der Waals surface area contributed by atoms with Crippen molar-refractivity contribution < 1.29 is 62.1 Å². The van der Waals surface area contributed by atoms with Crippen LogP contribution in [0.25, 0.3) is 10.4 Å². The molecular formula is C34H41N3O13. The summed E-state index contributed by atoms with van der Waals surface area (Å²) in [4.78, 5) is 40.4. The highest BCUT2D eigenvalue weighted by atomic mass is 16.8. The number of nitrogens with zero attached hydrogens (tertiary/aromatic N) is 3. The highest BCUT2D eigenvalue weighted by Gasteiger charge is 2.56. The number of carbonyl (C=O) groups excluding carboxylic acids is 3. The summed E-state index contributed by atoms with van der Waals surface area (Å²) < 4.78 is 52.5. The maximum atomic E-state index is 13.3. The Morgan fingerprint density at radius 3 is 2.04 bits per heavy atom. The molecule has 0 saturated carbocycles. The molecule has 270 valence electrons. The lowest BCUT2D eigenvalue weighted by molar-refractivity contribution is -0.346. The molecule has 2 aliphatic heterocycles. The van der Waals surface area contributed by atoms with Crippen LogP contribution in [0.5, 0.6) is 0 Å². The summed E-state index contributed by atoms with van der Waals surface area (Å²) in [5, 5.41) is 15.2. The van der Waals surface area contributed by atoms with Crippen LogP contribution in [-0.4, -0.2) is 105 Å². The van der Waals surface area contributed by atoms with Gasteiger partial charge in [-0.2, -0.15) is 0 Å². The fourth-order valence-electron chi connectivity index (χ4n) is 5.49. The molecule has 2 aliphatic rings. The van der Waals surface area contributed by atoms with Crippen molar-refractivity contribution in [1.29, 1.82) is 0 Å². The lowest BCUT2D eigenvalue weighted by atomic mass is 9.95. The second-order valence-corrected chi connectivity index (χ2v) is 11.3. The number of aliphatic hydroxyl groups is 1. The van der Waals surface area contributed by atoms with E-state index in [1.54, 1.807) is 48.5 Å². The predicted octanol–water partition coefficient (Wildman–Crippen LogP) is 2.90. The molecule has 50 heavy (non-hydrogen) atoms. The van der Waals surface area contributed by atoms with Gasteiger partial charge in [-0.25, -0.2) is 4.79 Å². The molecule has 0 bridgehead atoms. The summed E-state index contributed by atoms with van der Waals surface area (Å²) in [7, 11) is 1.14. The van der Waals surface area contributed by atoms with E-state index in [4.69, 9.17) is 42.6 Å². The Morgan fingerprint density at radius 1 is 0.880 bits per heavy atom. The van der Waals surface area contributed by atoms with E-state index in [2.05, 4.69) is 16.6 Å². The van der Waals surface area contributed by atoms with Crippen LogP contribution in [0.3, 0.4) is 0 Å². The van der Waals surface area contributed by atoms with Crippen molar-refractivity contribution in [1.82, 2.24) is 0 Å². The summed E-state index contributed by atoms with van der Waals surface area (Å²) in [6.07, 6.45) is -11.1. The lowest BCUT2D eigenvalue weighted by Crippen LogP contribution is -2.66. The second-order valence-electron chi connectivity index (χ2n) is 11.3. The zero-order chi connectivity index (χ0) is 36.0. The van der Waals surface area contributed by atoms with E-state index in [9.17, 15) is 25.0 Å². The molecule has 0 amide bonds. The molecule has 0 spiro atoms. The maximum Gasteiger partial charge on any atom is 0.337 e. The van der Waals surface area contributed by atoms with Crippen molar-refractivity contribution in [2.45, 2.75) is 88.4 Å². The number of benzene rings is 2. The average molecular weight is 700 g/mol. The van der Waals surface area contributed by atoms with Crippen LogP contribution < -0.4 is 0 Å². The largest absolute Gasteiger partial charge is 0.467 e. The van der Waals surface area contributed by atoms with Gasteiger partial charge in [0.2, 0.25) is 0 Å². The summed E-state index contributed by atoms with van der Waals surface area (Å²) >= 11 is 0. The van der Waals surface area contributed by atoms with Crippen LogP contribution in [-0.2, 0) is 70.2 Å². The molecule has 0 unspecified atom stereocenters. The molecule has 2 aromatic carbocycles. The first-order valence-electron chi connectivity index (χ1n) is 15.8. The Kier molecular flexibility index (Phi) is 14.7. The van der Waals surface area contributed by atoms with E-state index >= 15 is 0 Å². The van der Waals surface area contributed by atoms with E-state index in [0.717, 1.165) is 18.2 Å². The molecular weight excluding hydrogens is 658 g/mol. The summed E-state index contributed by atoms with van der Waals surface area (Å²) in [5.41, 5.74) is 11.1. The van der Waals surface area contributed by atoms with Crippen LogP contribution in [0.4, 0.5) is 0 Å². The van der Waals surface area contributed by atoms with Gasteiger partial charge >= 0.3 is 17.9 Å². The number of hydrogen-bond acceptors (Lipinski definition) is 14. The molecule has 10 atom stereocenters. The third kappa shape index (κ3) is 10.3. The van der Waals surface area contributed by atoms with E-state index in [0.29, 0.717) is 0 Å². The molecule has 2 saturated heterocycles. The van der Waals surface area contributed by atoms with Crippen molar-refractivity contribution in [3.05, 3.63) is 94.9 Å². The minimum absolute atomic E-state index is 0.00991. The number of esters is 3. The van der Waals surface area contributed by atoms with Gasteiger partial charge in [0.05, 0.1) is 33.0 Å². The number of ether oxygens (including phenoxy) is 9. The molecule has 16 nitrogen and oxygen atoms in total. The van der Waals surface area contributed by atoms with Crippen molar-refractivity contribution in [2.24, 2.45) is 5.11 Å². The summed E-state index contributed by atoms with van der Waals surface area (Å²) in [6, 6.07) is 16.7. The molecule has 2 aromatic rings. The average Bonchev–Trinajstić information content (AvgIpc) is 3.11. The first-order chi connectivity index (χ1) is 24.2. The van der Waals surface area contributed by atoms with Crippen molar-refractivity contribution >= 4 is 17.9 Å². The number of methoxy groups -OCH3 is 1. The van der Waals surface area contributed by atoms with Crippen LogP contribution in [0, 0.1) is 0 Å². The zero-order valence-electron chi connectivity index (χ0n) is 27.8. The standard InChI is InChI=1S/C34H41N3O13/c1-5-16-43-34-31(47-21(3)39)28(46-18-23-14-10-7-11-15-23)29(30(50-34)32(41)42-4)49-33-25(36-37-35)27(45-17-22-12-8-6-9-13-22)26(40)24(48-33)19-44-20(2)38/h5-15,24-31,33-34,40H,1,16-19H2,2-4H3/t24-,25-,26-,27-,28+,29+,30-,31-,33-,34-/m1/s1. The highest BCUT2D eigenvalue weighted by Crippen LogP contribution is 2.35. The van der Waals surface area contributed by atoms with Gasteiger partial charge in [0.25, 0.3) is 0 Å². The van der Waals surface area contributed by atoms with Gasteiger partial charge in [-0.1, -0.05) is 71.9 Å². The molecule has 0 aliphatic carbocycles. The highest BCUT2D eigenvalue weighted by molar-refractivity contribution is 5.75. The number of hydrogen-bond donors (Lipinski definition) is 1. The SMILES string of the molecule is C=CCO[C@@H]1O[C@@H](C(=O)OC)[C@@H](O[C@H]2O[C@H](COC(C)=O)[C@@H](O)[C@H](OCc3ccccc3)[C@H]2N=[N+]=[N-])[C@H](OCc2ccccc2)[C@H]1OC(C)=O. The van der Waals surface area contributed by atoms with Gasteiger partial charge in [-0.05, 0) is 16.7 Å². The van der Waals surface area contributed by atoms with Crippen molar-refractivity contribution in [3.63, 3.8) is 0 Å². The minimum atomic E-state index is -1.57. The van der Waals surface area contributed by atoms with Crippen LogP contribution >= 0.6 is 0 Å². The molecule has 1 N–H and O–H groups in total. The molecule has 2 fully saturated rings. The Hall–Kier alpha value is -4.38. The quantitative estimate of drug-likeness (QED) is 0.0670. The first kappa shape index (κ1) is 38.4. The zero-order valence-corrected chi connectivity index (χ0v) is 27.8. The topological polar surface area (TPSA) is 203 Å². The molecule has 16 heteroatoms. The van der Waals surface area contributed by atoms with E-state index in [-0.39, 0.29) is 19.8 Å². The third-order valence-electron chi connectivity index (χ3n) is 7.75. The molecule has 0 radical (unpaired) electrons. The molecule has 0 aromatic heterocycles. The van der Waals surface area contributed by atoms with E-state index in [1.165, 1.54) is 19.9 Å². The number of carbonyl (C=O) groups is 3. The second kappa shape index (κ2) is 19.1. The minimum Gasteiger partial charge on any atom is -0.467 e. The van der Waals surface area contributed by atoms with Gasteiger partial charge in [-0.3, -0.25) is 9.59 Å². The maximum absolute atomic E-state index is 13.3. The van der Waals surface area contributed by atoms with Crippen molar-refractivity contribution in [3.8, 4) is 0 Å². The first-order valence-corrected chi connectivity index (χ1v) is 15.8. The van der Waals surface area contributed by atoms with Crippen LogP contribution in [0.15, 0.2) is 78.4 Å². The number of rotatable bonds is 16. The van der Waals surface area contributed by atoms with Gasteiger partial charge in [0.15, 0.2) is 24.8 Å². The number of azide groups is 1. The fraction of sp³-hybridized carbons (Fsp3) is 0.500. The van der Waals surface area contributed by atoms with Crippen LogP contribution in [0.2, 0.25) is 0 Å². The monoisotopic (exact) mass is 699 g/mol. The smallest absolute Gasteiger partial charge is 0.337 e. The van der Waals surface area contributed by atoms with E-state index in [1.807, 2.05) is 12.1 Å². The normalized spacial score (nSPS) is 29.2. The predicted molar refractivity (Wildman–Crippen MR) is 172 cm³/mol. The molecule has 4 rings (SSSR count). The Balaban J connectivity index is 1.76. The Bertz CT molecular complexity index is 1460. The summed E-state index contributed by atoms with van der Waals surface area (Å²) in [5.74, 6) is -2.26. The van der Waals surface area contributed by atoms with Gasteiger partial charge in [0, 0.05) is 18.8 Å². The fourth-order valence-corrected chi connectivity index (χ4v) is 5.49. The summed E-state index contributed by atoms with van der Waals surface area (Å²) in [6.45, 7) is 5.49. The number of aliphatic hydroxyl groups excluding tert-OH is 1. The van der Waals surface area contributed by atoms with Gasteiger partial charge < -0.3 is 47.7 Å².